The number of nitrogens with two attached hydrogens (primary N) is 2. The van der Waals surface area contributed by atoms with Crippen molar-refractivity contribution in [3.8, 4) is 0 Å². The first-order valence-corrected chi connectivity index (χ1v) is 4.65. The van der Waals surface area contributed by atoms with Crippen LogP contribution in [0.15, 0.2) is 42.5 Å². The van der Waals surface area contributed by atoms with Crippen LogP contribution in [0.25, 0.3) is 6.08 Å². The monoisotopic (exact) mass is 202 g/mol. The van der Waals surface area contributed by atoms with E-state index in [0.29, 0.717) is 6.54 Å². The van der Waals surface area contributed by atoms with E-state index in [0.717, 1.165) is 11.1 Å². The average Bonchev–Trinajstić information content (AvgIpc) is 2.25. The molecule has 0 saturated carbocycles. The fraction of sp³-hybridized carbons (Fsp3) is 0.0833. The van der Waals surface area contributed by atoms with Crippen molar-refractivity contribution >= 4 is 12.0 Å². The molecule has 1 aromatic rings. The minimum atomic E-state index is -0.446. The Morgan fingerprint density at radius 2 is 1.87 bits per heavy atom. The zero-order chi connectivity index (χ0) is 11.1. The summed E-state index contributed by atoms with van der Waals surface area (Å²) in [6.45, 7) is 0.547. The first-order chi connectivity index (χ1) is 7.22. The van der Waals surface area contributed by atoms with Gasteiger partial charge in [0.05, 0.1) is 0 Å². The quantitative estimate of drug-likeness (QED) is 0.569. The molecule has 0 spiro atoms. The lowest BCUT2D eigenvalue weighted by molar-refractivity contribution is -0.113. The van der Waals surface area contributed by atoms with Gasteiger partial charge in [0, 0.05) is 12.6 Å². The summed E-state index contributed by atoms with van der Waals surface area (Å²) in [5.41, 5.74) is 12.6. The Balaban J connectivity index is 2.61. The van der Waals surface area contributed by atoms with E-state index in [-0.39, 0.29) is 0 Å². The van der Waals surface area contributed by atoms with Crippen LogP contribution in [-0.4, -0.2) is 5.91 Å². The lowest BCUT2D eigenvalue weighted by Crippen LogP contribution is -2.04. The Bertz CT molecular complexity index is 377. The molecule has 1 rings (SSSR count). The van der Waals surface area contributed by atoms with Gasteiger partial charge in [-0.15, -0.1) is 0 Å². The van der Waals surface area contributed by atoms with Gasteiger partial charge in [-0.2, -0.15) is 0 Å². The summed E-state index contributed by atoms with van der Waals surface area (Å²) in [5.74, 6) is -0.446. The number of benzene rings is 1. The predicted molar refractivity (Wildman–Crippen MR) is 61.7 cm³/mol. The predicted octanol–water partition coefficient (Wildman–Crippen LogP) is 1.20. The van der Waals surface area contributed by atoms with Gasteiger partial charge in [-0.3, -0.25) is 4.79 Å². The molecule has 3 nitrogen and oxygen atoms in total. The van der Waals surface area contributed by atoms with Crippen molar-refractivity contribution in [1.82, 2.24) is 0 Å². The van der Waals surface area contributed by atoms with E-state index in [9.17, 15) is 4.79 Å². The van der Waals surface area contributed by atoms with E-state index in [1.165, 1.54) is 6.08 Å². The molecule has 0 bridgehead atoms. The molecule has 0 aromatic heterocycles. The molecule has 15 heavy (non-hydrogen) atoms. The van der Waals surface area contributed by atoms with Gasteiger partial charge in [-0.1, -0.05) is 42.5 Å². The molecule has 0 aliphatic rings. The average molecular weight is 202 g/mol. The number of hydrogen-bond donors (Lipinski definition) is 2. The third-order valence-corrected chi connectivity index (χ3v) is 1.88. The highest BCUT2D eigenvalue weighted by Gasteiger charge is 1.88. The SMILES string of the molecule is NCc1ccc(C=CC=CC(N)=O)cc1. The van der Waals surface area contributed by atoms with Crippen molar-refractivity contribution in [3.05, 3.63) is 53.6 Å². The van der Waals surface area contributed by atoms with E-state index >= 15 is 0 Å². The normalized spacial score (nSPS) is 11.3. The van der Waals surface area contributed by atoms with Crippen LogP contribution in [0.1, 0.15) is 11.1 Å². The van der Waals surface area contributed by atoms with Gasteiger partial charge in [0.2, 0.25) is 5.91 Å². The van der Waals surface area contributed by atoms with Crippen molar-refractivity contribution in [2.75, 3.05) is 0 Å². The Hall–Kier alpha value is -1.87. The molecule has 1 aromatic carbocycles. The smallest absolute Gasteiger partial charge is 0.241 e. The van der Waals surface area contributed by atoms with Crippen molar-refractivity contribution in [1.29, 1.82) is 0 Å². The zero-order valence-corrected chi connectivity index (χ0v) is 8.39. The highest BCUT2D eigenvalue weighted by Crippen LogP contribution is 2.05. The summed E-state index contributed by atoms with van der Waals surface area (Å²) in [4.78, 5) is 10.4. The molecular formula is C12H14N2O. The summed E-state index contributed by atoms with van der Waals surface area (Å²) in [6, 6.07) is 7.88. The number of carbonyl (C=O) groups is 1. The van der Waals surface area contributed by atoms with E-state index in [2.05, 4.69) is 0 Å². The molecule has 78 valence electrons. The number of amides is 1. The summed E-state index contributed by atoms with van der Waals surface area (Å²) in [6.07, 6.45) is 6.58. The number of carbonyl (C=O) groups excluding carboxylic acids is 1. The molecule has 0 heterocycles. The van der Waals surface area contributed by atoms with Crippen LogP contribution in [0.3, 0.4) is 0 Å². The maximum Gasteiger partial charge on any atom is 0.241 e. The number of allylic oxidation sites excluding steroid dienone is 2. The molecule has 0 saturated heterocycles. The highest BCUT2D eigenvalue weighted by molar-refractivity contribution is 5.86. The van der Waals surface area contributed by atoms with Gasteiger partial charge >= 0.3 is 0 Å². The van der Waals surface area contributed by atoms with E-state index < -0.39 is 5.91 Å². The van der Waals surface area contributed by atoms with E-state index in [1.54, 1.807) is 12.2 Å². The maximum absolute atomic E-state index is 10.4. The molecule has 0 radical (unpaired) electrons. The fourth-order valence-corrected chi connectivity index (χ4v) is 1.08. The Labute approximate surface area is 89.1 Å². The second-order valence-corrected chi connectivity index (χ2v) is 3.07. The zero-order valence-electron chi connectivity index (χ0n) is 8.39. The minimum absolute atomic E-state index is 0.446. The van der Waals surface area contributed by atoms with E-state index in [1.807, 2.05) is 30.3 Å². The van der Waals surface area contributed by atoms with Gasteiger partial charge in [0.15, 0.2) is 0 Å². The molecule has 0 aliphatic heterocycles. The second kappa shape index (κ2) is 5.78. The first-order valence-electron chi connectivity index (χ1n) is 4.65. The van der Waals surface area contributed by atoms with Crippen LogP contribution in [0.5, 0.6) is 0 Å². The standard InChI is InChI=1S/C12H14N2O/c13-9-11-7-5-10(6-8-11)3-1-2-4-12(14)15/h1-8H,9,13H2,(H2,14,15). The van der Waals surface area contributed by atoms with Gasteiger partial charge in [0.1, 0.15) is 0 Å². The maximum atomic E-state index is 10.4. The van der Waals surface area contributed by atoms with E-state index in [4.69, 9.17) is 11.5 Å². The minimum Gasteiger partial charge on any atom is -0.366 e. The number of hydrogen-bond acceptors (Lipinski definition) is 2. The molecule has 0 unspecified atom stereocenters. The van der Waals surface area contributed by atoms with Gasteiger partial charge in [-0.25, -0.2) is 0 Å². The lowest BCUT2D eigenvalue weighted by atomic mass is 10.1. The molecule has 0 fully saturated rings. The molecule has 0 atom stereocenters. The van der Waals surface area contributed by atoms with Crippen molar-refractivity contribution in [2.24, 2.45) is 11.5 Å². The van der Waals surface area contributed by atoms with Crippen LogP contribution in [0.4, 0.5) is 0 Å². The largest absolute Gasteiger partial charge is 0.366 e. The Morgan fingerprint density at radius 1 is 1.20 bits per heavy atom. The first kappa shape index (κ1) is 11.2. The summed E-state index contributed by atoms with van der Waals surface area (Å²) in [5, 5.41) is 0. The summed E-state index contributed by atoms with van der Waals surface area (Å²) in [7, 11) is 0. The lowest BCUT2D eigenvalue weighted by Gasteiger charge is -1.96. The third-order valence-electron chi connectivity index (χ3n) is 1.88. The Morgan fingerprint density at radius 3 is 2.40 bits per heavy atom. The van der Waals surface area contributed by atoms with Crippen molar-refractivity contribution in [3.63, 3.8) is 0 Å². The summed E-state index contributed by atoms with van der Waals surface area (Å²) < 4.78 is 0. The topological polar surface area (TPSA) is 69.1 Å². The van der Waals surface area contributed by atoms with Crippen LogP contribution in [0.2, 0.25) is 0 Å². The highest BCUT2D eigenvalue weighted by atomic mass is 16.1. The van der Waals surface area contributed by atoms with Gasteiger partial charge < -0.3 is 11.5 Å². The third kappa shape index (κ3) is 4.24. The molecule has 3 heteroatoms. The van der Waals surface area contributed by atoms with Gasteiger partial charge in [-0.05, 0) is 11.1 Å². The van der Waals surface area contributed by atoms with Crippen LogP contribution >= 0.6 is 0 Å². The fourth-order valence-electron chi connectivity index (χ4n) is 1.08. The molecular weight excluding hydrogens is 188 g/mol. The summed E-state index contributed by atoms with van der Waals surface area (Å²) >= 11 is 0. The van der Waals surface area contributed by atoms with Crippen molar-refractivity contribution in [2.45, 2.75) is 6.54 Å². The molecule has 0 aliphatic carbocycles. The van der Waals surface area contributed by atoms with Crippen LogP contribution in [-0.2, 0) is 11.3 Å². The molecule has 4 N–H and O–H groups in total. The number of primary amides is 1. The van der Waals surface area contributed by atoms with Crippen LogP contribution < -0.4 is 11.5 Å². The molecule has 1 amide bonds. The number of rotatable bonds is 4. The van der Waals surface area contributed by atoms with Crippen LogP contribution in [0, 0.1) is 0 Å². The van der Waals surface area contributed by atoms with Gasteiger partial charge in [0.25, 0.3) is 0 Å². The van der Waals surface area contributed by atoms with Crippen molar-refractivity contribution < 1.29 is 4.79 Å². The second-order valence-electron chi connectivity index (χ2n) is 3.07. The Kier molecular flexibility index (Phi) is 4.31.